The van der Waals surface area contributed by atoms with E-state index in [-0.39, 0.29) is 35.4 Å². The van der Waals surface area contributed by atoms with Crippen molar-refractivity contribution in [2.45, 2.75) is 97.0 Å². The van der Waals surface area contributed by atoms with E-state index in [1.165, 1.54) is 27.7 Å². The van der Waals surface area contributed by atoms with Gasteiger partial charge in [-0.25, -0.2) is 4.39 Å². The first-order chi connectivity index (χ1) is 17.4. The lowest BCUT2D eigenvalue weighted by molar-refractivity contribution is -0.315. The molecule has 37 heavy (non-hydrogen) atoms. The molecular weight excluding hydrogens is 515 g/mol. The van der Waals surface area contributed by atoms with Crippen LogP contribution in [0.25, 0.3) is 0 Å². The molecule has 1 fully saturated rings. The van der Waals surface area contributed by atoms with Gasteiger partial charge in [-0.3, -0.25) is 19.2 Å². The van der Waals surface area contributed by atoms with Gasteiger partial charge in [-0.05, 0) is 5.92 Å². The van der Waals surface area contributed by atoms with Crippen LogP contribution in [0.2, 0.25) is 0 Å². The number of halogens is 1. The SMILES string of the molecule is CC[C@@H](C)[C@H]1O[C@@]2(CSC3=C(O2)C(OC(C)=O)C(COC(C)=O)OC3F)CC(OC(C)=O)C1OC(C)=O. The fourth-order valence-electron chi connectivity index (χ4n) is 4.49. The first-order valence-electron chi connectivity index (χ1n) is 12.0. The van der Waals surface area contributed by atoms with Gasteiger partial charge < -0.3 is 33.2 Å². The minimum Gasteiger partial charge on any atom is -0.463 e. The van der Waals surface area contributed by atoms with Crippen molar-refractivity contribution < 1.29 is 56.7 Å². The molecule has 208 valence electrons. The van der Waals surface area contributed by atoms with E-state index in [9.17, 15) is 19.2 Å². The zero-order chi connectivity index (χ0) is 27.5. The lowest BCUT2D eigenvalue weighted by Gasteiger charge is -2.51. The molecule has 0 aromatic rings. The van der Waals surface area contributed by atoms with Crippen molar-refractivity contribution in [1.82, 2.24) is 0 Å². The van der Waals surface area contributed by atoms with Crippen LogP contribution in [0.15, 0.2) is 10.7 Å². The van der Waals surface area contributed by atoms with Gasteiger partial charge in [0.05, 0.1) is 17.1 Å². The van der Waals surface area contributed by atoms with Crippen molar-refractivity contribution >= 4 is 35.6 Å². The van der Waals surface area contributed by atoms with Gasteiger partial charge in [-0.1, -0.05) is 20.3 Å². The number of rotatable bonds is 7. The number of alkyl halides is 1. The molecule has 11 nitrogen and oxygen atoms in total. The van der Waals surface area contributed by atoms with Crippen molar-refractivity contribution in [1.29, 1.82) is 0 Å². The highest BCUT2D eigenvalue weighted by Gasteiger charge is 2.57. The van der Waals surface area contributed by atoms with Gasteiger partial charge in [0, 0.05) is 27.7 Å². The lowest BCUT2D eigenvalue weighted by Crippen LogP contribution is -2.62. The summed E-state index contributed by atoms with van der Waals surface area (Å²) in [5.41, 5.74) is 0. The first-order valence-corrected chi connectivity index (χ1v) is 13.0. The third kappa shape index (κ3) is 6.94. The van der Waals surface area contributed by atoms with Crippen LogP contribution in [0.5, 0.6) is 0 Å². The van der Waals surface area contributed by atoms with Gasteiger partial charge in [0.15, 0.2) is 18.0 Å². The molecule has 0 aliphatic carbocycles. The molecule has 1 spiro atoms. The monoisotopic (exact) mass is 548 g/mol. The van der Waals surface area contributed by atoms with Gasteiger partial charge in [-0.15, -0.1) is 11.8 Å². The average molecular weight is 549 g/mol. The molecule has 3 rings (SSSR count). The second-order valence-corrected chi connectivity index (χ2v) is 10.3. The predicted molar refractivity (Wildman–Crippen MR) is 125 cm³/mol. The maximum Gasteiger partial charge on any atom is 0.303 e. The van der Waals surface area contributed by atoms with E-state index in [1.54, 1.807) is 0 Å². The van der Waals surface area contributed by atoms with Crippen LogP contribution in [0.3, 0.4) is 0 Å². The quantitative estimate of drug-likeness (QED) is 0.342. The Morgan fingerprint density at radius 2 is 1.70 bits per heavy atom. The zero-order valence-electron chi connectivity index (χ0n) is 21.6. The lowest BCUT2D eigenvalue weighted by atomic mass is 9.87. The predicted octanol–water partition coefficient (Wildman–Crippen LogP) is 2.55. The molecule has 0 bridgehead atoms. The Bertz CT molecular complexity index is 940. The second kappa shape index (κ2) is 12.0. The fraction of sp³-hybridized carbons (Fsp3) is 0.750. The van der Waals surface area contributed by atoms with Crippen molar-refractivity contribution in [2.75, 3.05) is 12.4 Å². The summed E-state index contributed by atoms with van der Waals surface area (Å²) in [4.78, 5) is 47.2. The number of hydrogen-bond donors (Lipinski definition) is 0. The molecule has 0 aromatic heterocycles. The van der Waals surface area contributed by atoms with Crippen LogP contribution in [-0.2, 0) is 52.3 Å². The Hall–Kier alpha value is -2.38. The van der Waals surface area contributed by atoms with Crippen LogP contribution in [0.4, 0.5) is 4.39 Å². The summed E-state index contributed by atoms with van der Waals surface area (Å²) in [6.45, 7) is 8.30. The van der Waals surface area contributed by atoms with Crippen molar-refractivity contribution in [3.63, 3.8) is 0 Å². The molecule has 3 aliphatic heterocycles. The van der Waals surface area contributed by atoms with Gasteiger partial charge >= 0.3 is 23.9 Å². The van der Waals surface area contributed by atoms with E-state index in [0.717, 1.165) is 11.8 Å². The fourth-order valence-corrected chi connectivity index (χ4v) is 5.60. The highest BCUT2D eigenvalue weighted by Crippen LogP contribution is 2.49. The van der Waals surface area contributed by atoms with E-state index in [1.807, 2.05) is 13.8 Å². The molecule has 5 unspecified atom stereocenters. The van der Waals surface area contributed by atoms with Crippen LogP contribution in [0.1, 0.15) is 54.4 Å². The molecule has 0 radical (unpaired) electrons. The maximum absolute atomic E-state index is 15.0. The summed E-state index contributed by atoms with van der Waals surface area (Å²) >= 11 is 1.06. The summed E-state index contributed by atoms with van der Waals surface area (Å²) in [5.74, 6) is -3.97. The van der Waals surface area contributed by atoms with E-state index in [4.69, 9.17) is 33.2 Å². The molecule has 0 aromatic carbocycles. The highest BCUT2D eigenvalue weighted by atomic mass is 32.2. The molecular formula is C24H33FO11S. The van der Waals surface area contributed by atoms with Crippen molar-refractivity contribution in [3.8, 4) is 0 Å². The number of carbonyl (C=O) groups is 4. The molecule has 3 aliphatic rings. The third-order valence-corrected chi connectivity index (χ3v) is 7.49. The van der Waals surface area contributed by atoms with Crippen molar-refractivity contribution in [3.05, 3.63) is 10.7 Å². The van der Waals surface area contributed by atoms with Crippen molar-refractivity contribution in [2.24, 2.45) is 5.92 Å². The zero-order valence-corrected chi connectivity index (χ0v) is 22.5. The molecule has 0 amide bonds. The summed E-state index contributed by atoms with van der Waals surface area (Å²) in [6, 6.07) is 0. The number of ether oxygens (including phenoxy) is 7. The summed E-state index contributed by atoms with van der Waals surface area (Å²) in [6.07, 6.45) is -6.25. The molecule has 1 saturated heterocycles. The van der Waals surface area contributed by atoms with Crippen LogP contribution in [-0.4, -0.2) is 78.9 Å². The van der Waals surface area contributed by atoms with Gasteiger partial charge in [0.1, 0.15) is 24.9 Å². The Balaban J connectivity index is 1.99. The largest absolute Gasteiger partial charge is 0.463 e. The standard InChI is InChI=1S/C24H33FO11S/c1-7-11(2)18-19(32-14(5)28)16(31-13(4)27)8-24(35-18)10-37-22-21(36-24)20(33-15(6)29)17(34-23(22)25)9-30-12(3)26/h11,16-20,23H,7-10H2,1-6H3/t11-,16?,17?,18-,19?,20?,23?,24+/m1/s1. The van der Waals surface area contributed by atoms with E-state index in [0.29, 0.717) is 6.42 Å². The van der Waals surface area contributed by atoms with Gasteiger partial charge in [0.25, 0.3) is 0 Å². The summed E-state index contributed by atoms with van der Waals surface area (Å²) in [5, 5.41) is 0. The average Bonchev–Trinajstić information content (AvgIpc) is 2.80. The number of thioether (sulfide) groups is 1. The molecule has 0 N–H and O–H groups in total. The normalized spacial score (nSPS) is 34.0. The van der Waals surface area contributed by atoms with Gasteiger partial charge in [0.2, 0.25) is 12.1 Å². The van der Waals surface area contributed by atoms with E-state index < -0.39 is 66.5 Å². The first kappa shape index (κ1) is 29.2. The summed E-state index contributed by atoms with van der Waals surface area (Å²) in [7, 11) is 0. The van der Waals surface area contributed by atoms with E-state index >= 15 is 4.39 Å². The Morgan fingerprint density at radius 3 is 2.27 bits per heavy atom. The second-order valence-electron chi connectivity index (χ2n) is 9.25. The molecule has 13 heteroatoms. The van der Waals surface area contributed by atoms with Crippen LogP contribution < -0.4 is 0 Å². The van der Waals surface area contributed by atoms with Crippen LogP contribution >= 0.6 is 11.8 Å². The van der Waals surface area contributed by atoms with Gasteiger partial charge in [-0.2, -0.15) is 0 Å². The molecule has 0 saturated carbocycles. The molecule has 8 atom stereocenters. The van der Waals surface area contributed by atoms with E-state index in [2.05, 4.69) is 0 Å². The minimum atomic E-state index is -1.92. The topological polar surface area (TPSA) is 133 Å². The smallest absolute Gasteiger partial charge is 0.303 e. The Kier molecular flexibility index (Phi) is 9.46. The van der Waals surface area contributed by atoms with Crippen LogP contribution in [0, 0.1) is 5.92 Å². The Morgan fingerprint density at radius 1 is 1.05 bits per heavy atom. The number of esters is 4. The number of hydrogen-bond acceptors (Lipinski definition) is 12. The Labute approximate surface area is 218 Å². The third-order valence-electron chi connectivity index (χ3n) is 6.20. The number of carbonyl (C=O) groups excluding carboxylic acids is 4. The maximum atomic E-state index is 15.0. The molecule has 3 heterocycles. The highest BCUT2D eigenvalue weighted by molar-refractivity contribution is 8.03. The summed E-state index contributed by atoms with van der Waals surface area (Å²) < 4.78 is 54.6. The minimum absolute atomic E-state index is 0.0298.